The Morgan fingerprint density at radius 2 is 1.57 bits per heavy atom. The topological polar surface area (TPSA) is 25.0 Å². The average Bonchev–Trinajstić information content (AvgIpc) is 2.60. The van der Waals surface area contributed by atoms with Crippen molar-refractivity contribution in [2.24, 2.45) is 0 Å². The first kappa shape index (κ1) is 11.1. The first-order valence-corrected chi connectivity index (χ1v) is 3.29. The minimum atomic E-state index is -5.44. The fourth-order valence-electron chi connectivity index (χ4n) is 1.01. The van der Waals surface area contributed by atoms with Crippen LogP contribution in [0.4, 0.5) is 26.3 Å². The number of halogens is 6. The highest BCUT2D eigenvalue weighted by Crippen LogP contribution is 2.51. The lowest BCUT2D eigenvalue weighted by atomic mass is 10.2. The first-order chi connectivity index (χ1) is 6.17. The minimum absolute atomic E-state index is 0.0764. The van der Waals surface area contributed by atoms with Gasteiger partial charge in [-0.05, 0) is 0 Å². The third-order valence-corrected chi connectivity index (χ3v) is 1.72. The SMILES string of the molecule is C#CCN1NC1(C(F)(F)F)C(F)(F)F. The van der Waals surface area contributed by atoms with Gasteiger partial charge in [0.25, 0.3) is 5.66 Å². The third kappa shape index (κ3) is 1.33. The van der Waals surface area contributed by atoms with Crippen LogP contribution in [-0.2, 0) is 0 Å². The monoisotopic (exact) mass is 218 g/mol. The van der Waals surface area contributed by atoms with Crippen LogP contribution in [0.3, 0.4) is 0 Å². The van der Waals surface area contributed by atoms with Crippen molar-refractivity contribution in [3.63, 3.8) is 0 Å². The average molecular weight is 218 g/mol. The highest BCUT2D eigenvalue weighted by Gasteiger charge is 2.83. The number of hydrazine groups is 1. The molecule has 8 heteroatoms. The summed E-state index contributed by atoms with van der Waals surface area (Å²) in [7, 11) is 0. The fourth-order valence-corrected chi connectivity index (χ4v) is 1.01. The summed E-state index contributed by atoms with van der Waals surface area (Å²) < 4.78 is 72.4. The molecule has 80 valence electrons. The van der Waals surface area contributed by atoms with Crippen LogP contribution in [-0.4, -0.2) is 29.6 Å². The van der Waals surface area contributed by atoms with Crippen LogP contribution in [0.25, 0.3) is 0 Å². The summed E-state index contributed by atoms with van der Waals surface area (Å²) in [6.07, 6.45) is -6.27. The summed E-state index contributed by atoms with van der Waals surface area (Å²) in [5, 5.41) is -0.0764. The third-order valence-electron chi connectivity index (χ3n) is 1.72. The van der Waals surface area contributed by atoms with Gasteiger partial charge in [-0.2, -0.15) is 31.4 Å². The number of nitrogens with zero attached hydrogens (tertiary/aromatic N) is 1. The van der Waals surface area contributed by atoms with Crippen LogP contribution in [0.15, 0.2) is 0 Å². The van der Waals surface area contributed by atoms with E-state index in [9.17, 15) is 26.3 Å². The summed E-state index contributed by atoms with van der Waals surface area (Å²) in [4.78, 5) is 0. The van der Waals surface area contributed by atoms with E-state index in [0.29, 0.717) is 0 Å². The molecule has 1 unspecified atom stereocenters. The van der Waals surface area contributed by atoms with E-state index in [0.717, 1.165) is 0 Å². The summed E-state index contributed by atoms with van der Waals surface area (Å²) in [5.74, 6) is 1.69. The lowest BCUT2D eigenvalue weighted by Crippen LogP contribution is -2.51. The quantitative estimate of drug-likeness (QED) is 0.407. The molecule has 1 rings (SSSR count). The molecule has 0 radical (unpaired) electrons. The summed E-state index contributed by atoms with van der Waals surface area (Å²) >= 11 is 0. The molecule has 0 aromatic heterocycles. The van der Waals surface area contributed by atoms with Gasteiger partial charge in [-0.15, -0.1) is 6.42 Å². The molecule has 2 nitrogen and oxygen atoms in total. The molecule has 1 N–H and O–H groups in total. The van der Waals surface area contributed by atoms with Gasteiger partial charge in [-0.25, -0.2) is 5.43 Å². The molecule has 0 aromatic carbocycles. The van der Waals surface area contributed by atoms with E-state index in [1.165, 1.54) is 5.43 Å². The van der Waals surface area contributed by atoms with Crippen LogP contribution in [0, 0.1) is 12.3 Å². The van der Waals surface area contributed by atoms with Gasteiger partial charge in [0.05, 0.1) is 6.54 Å². The number of hydrogen-bond donors (Lipinski definition) is 1. The maximum absolute atomic E-state index is 12.1. The van der Waals surface area contributed by atoms with Gasteiger partial charge in [0, 0.05) is 0 Å². The second-order valence-corrected chi connectivity index (χ2v) is 2.61. The molecule has 1 fully saturated rings. The van der Waals surface area contributed by atoms with Gasteiger partial charge in [-0.3, -0.25) is 0 Å². The van der Waals surface area contributed by atoms with Crippen molar-refractivity contribution in [1.29, 1.82) is 0 Å². The molecule has 14 heavy (non-hydrogen) atoms. The smallest absolute Gasteiger partial charge is 0.215 e. The van der Waals surface area contributed by atoms with Gasteiger partial charge >= 0.3 is 12.4 Å². The molecule has 0 saturated carbocycles. The van der Waals surface area contributed by atoms with Gasteiger partial charge in [-0.1, -0.05) is 5.92 Å². The Kier molecular flexibility index (Phi) is 2.21. The van der Waals surface area contributed by atoms with Crippen LogP contribution >= 0.6 is 0 Å². The standard InChI is InChI=1S/C6H4F6N2/c1-2-3-14-4(13-14,5(7,8)9)6(10,11)12/h1,13H,3H2. The van der Waals surface area contributed by atoms with E-state index in [-0.39, 0.29) is 5.01 Å². The number of hydrogen-bond acceptors (Lipinski definition) is 2. The number of nitrogens with one attached hydrogen (secondary N) is 1. The fraction of sp³-hybridized carbons (Fsp3) is 0.667. The van der Waals surface area contributed by atoms with Crippen molar-refractivity contribution >= 4 is 0 Å². The van der Waals surface area contributed by atoms with Gasteiger partial charge in [0.15, 0.2) is 0 Å². The van der Waals surface area contributed by atoms with Crippen molar-refractivity contribution in [3.05, 3.63) is 0 Å². The van der Waals surface area contributed by atoms with Crippen molar-refractivity contribution in [2.75, 3.05) is 6.54 Å². The molecule has 1 aliphatic rings. The predicted octanol–water partition coefficient (Wildman–Crippen LogP) is 1.26. The summed E-state index contributed by atoms with van der Waals surface area (Å²) in [5.41, 5.74) is -2.76. The maximum atomic E-state index is 12.1. The number of terminal acetylenes is 1. The largest absolute Gasteiger partial charge is 0.431 e. The Hall–Kier alpha value is -0.940. The molecular formula is C6H4F6N2. The van der Waals surface area contributed by atoms with Crippen molar-refractivity contribution in [1.82, 2.24) is 10.4 Å². The summed E-state index contributed by atoms with van der Waals surface area (Å²) in [6, 6.07) is 0. The Morgan fingerprint density at radius 3 is 1.79 bits per heavy atom. The van der Waals surface area contributed by atoms with E-state index >= 15 is 0 Å². The molecule has 0 bridgehead atoms. The maximum Gasteiger partial charge on any atom is 0.431 e. The zero-order valence-electron chi connectivity index (χ0n) is 6.50. The molecule has 1 saturated heterocycles. The highest BCUT2D eigenvalue weighted by molar-refractivity contribution is 5.12. The number of rotatable bonds is 1. The van der Waals surface area contributed by atoms with E-state index < -0.39 is 24.6 Å². The van der Waals surface area contributed by atoms with Crippen molar-refractivity contribution in [3.8, 4) is 12.3 Å². The molecule has 0 spiro atoms. The highest BCUT2D eigenvalue weighted by atomic mass is 19.4. The predicted molar refractivity (Wildman–Crippen MR) is 33.5 cm³/mol. The Balaban J connectivity index is 2.95. The van der Waals surface area contributed by atoms with Crippen molar-refractivity contribution in [2.45, 2.75) is 18.0 Å². The van der Waals surface area contributed by atoms with Crippen LogP contribution < -0.4 is 5.43 Å². The molecule has 1 heterocycles. The molecular weight excluding hydrogens is 214 g/mol. The number of alkyl halides is 6. The Morgan fingerprint density at radius 1 is 1.14 bits per heavy atom. The molecule has 0 aromatic rings. The molecule has 1 atom stereocenters. The van der Waals surface area contributed by atoms with Crippen LogP contribution in [0.5, 0.6) is 0 Å². The van der Waals surface area contributed by atoms with Gasteiger partial charge in [0.2, 0.25) is 0 Å². The zero-order chi connectivity index (χ0) is 11.2. The van der Waals surface area contributed by atoms with E-state index in [1.54, 1.807) is 5.92 Å². The Bertz CT molecular complexity index is 258. The Labute approximate surface area is 74.8 Å². The second kappa shape index (κ2) is 2.77. The first-order valence-electron chi connectivity index (χ1n) is 3.29. The van der Waals surface area contributed by atoms with Crippen LogP contribution in [0.2, 0.25) is 0 Å². The van der Waals surface area contributed by atoms with E-state index in [4.69, 9.17) is 0 Å². The molecule has 0 amide bonds. The molecule has 1 aliphatic heterocycles. The summed E-state index contributed by atoms with van der Waals surface area (Å²) in [6.45, 7) is -0.765. The lowest BCUT2D eigenvalue weighted by molar-refractivity contribution is -0.279. The van der Waals surface area contributed by atoms with E-state index in [2.05, 4.69) is 6.42 Å². The minimum Gasteiger partial charge on any atom is -0.215 e. The van der Waals surface area contributed by atoms with Gasteiger partial charge < -0.3 is 0 Å². The molecule has 0 aliphatic carbocycles. The van der Waals surface area contributed by atoms with Gasteiger partial charge in [0.1, 0.15) is 0 Å². The van der Waals surface area contributed by atoms with Crippen LogP contribution in [0.1, 0.15) is 0 Å². The normalized spacial score (nSPS) is 25.6. The second-order valence-electron chi connectivity index (χ2n) is 2.61. The van der Waals surface area contributed by atoms with Crippen molar-refractivity contribution < 1.29 is 26.3 Å². The zero-order valence-corrected chi connectivity index (χ0v) is 6.50. The van der Waals surface area contributed by atoms with E-state index in [1.807, 2.05) is 0 Å². The lowest BCUT2D eigenvalue weighted by Gasteiger charge is -2.20.